The fourth-order valence-corrected chi connectivity index (χ4v) is 2.28. The molecule has 0 aliphatic rings. The molecule has 0 aliphatic carbocycles. The highest BCUT2D eigenvalue weighted by molar-refractivity contribution is 7.95. The molecule has 1 aromatic rings. The Morgan fingerprint density at radius 1 is 1.24 bits per heavy atom. The zero-order chi connectivity index (χ0) is 13.1. The van der Waals surface area contributed by atoms with Crippen molar-refractivity contribution in [2.45, 2.75) is 11.8 Å². The predicted octanol–water partition coefficient (Wildman–Crippen LogP) is 0.890. The van der Waals surface area contributed by atoms with Crippen LogP contribution in [-0.4, -0.2) is 35.4 Å². The topological polar surface area (TPSA) is 80.7 Å². The van der Waals surface area contributed by atoms with Crippen LogP contribution in [0.2, 0.25) is 0 Å². The summed E-state index contributed by atoms with van der Waals surface area (Å²) in [5.41, 5.74) is 0.933. The molecular formula is C10H14O5S2. The molecule has 0 fully saturated rings. The quantitative estimate of drug-likeness (QED) is 0.653. The van der Waals surface area contributed by atoms with Gasteiger partial charge in [-0.3, -0.25) is 4.18 Å². The van der Waals surface area contributed by atoms with E-state index in [0.29, 0.717) is 0 Å². The third-order valence-corrected chi connectivity index (χ3v) is 3.96. The van der Waals surface area contributed by atoms with E-state index in [1.807, 2.05) is 6.92 Å². The maximum Gasteiger partial charge on any atom is 0.297 e. The van der Waals surface area contributed by atoms with Crippen LogP contribution in [0.15, 0.2) is 29.2 Å². The molecule has 1 unspecified atom stereocenters. The minimum Gasteiger partial charge on any atom is -0.314 e. The van der Waals surface area contributed by atoms with Crippen LogP contribution in [0.4, 0.5) is 0 Å². The summed E-state index contributed by atoms with van der Waals surface area (Å²) in [4.78, 5) is 0.0250. The molecule has 0 saturated carbocycles. The number of rotatable bonds is 4. The van der Waals surface area contributed by atoms with Crippen molar-refractivity contribution in [2.24, 2.45) is 0 Å². The number of hydrogen-bond acceptors (Lipinski definition) is 4. The Morgan fingerprint density at radius 3 is 2.24 bits per heavy atom. The molecule has 1 aromatic carbocycles. The second-order valence-electron chi connectivity index (χ2n) is 3.58. The summed E-state index contributed by atoms with van der Waals surface area (Å²) in [6.07, 6.45) is 1.08. The first kappa shape index (κ1) is 14.2. The molecule has 0 heterocycles. The molecule has 5 nitrogen and oxygen atoms in total. The van der Waals surface area contributed by atoms with Gasteiger partial charge in [0.2, 0.25) is 0 Å². The van der Waals surface area contributed by atoms with Crippen LogP contribution in [0.3, 0.4) is 0 Å². The highest BCUT2D eigenvalue weighted by Crippen LogP contribution is 2.12. The van der Waals surface area contributed by atoms with E-state index < -0.39 is 26.5 Å². The first-order valence-corrected chi connectivity index (χ1v) is 8.11. The van der Waals surface area contributed by atoms with Crippen molar-refractivity contribution in [3.05, 3.63) is 29.8 Å². The zero-order valence-electron chi connectivity index (χ0n) is 9.49. The van der Waals surface area contributed by atoms with Gasteiger partial charge >= 0.3 is 0 Å². The first-order chi connectivity index (χ1) is 7.71. The van der Waals surface area contributed by atoms with E-state index >= 15 is 0 Å². The van der Waals surface area contributed by atoms with E-state index in [1.165, 1.54) is 12.1 Å². The molecule has 7 heteroatoms. The molecule has 0 radical (unpaired) electrons. The van der Waals surface area contributed by atoms with E-state index in [9.17, 15) is 12.6 Å². The largest absolute Gasteiger partial charge is 0.314 e. The fourth-order valence-electron chi connectivity index (χ4n) is 1.02. The molecule has 17 heavy (non-hydrogen) atoms. The summed E-state index contributed by atoms with van der Waals surface area (Å²) in [6.45, 7) is 1.41. The molecule has 1 N–H and O–H groups in total. The SMILES string of the molecule is Cc1ccc(S(=O)(=O)OCC=S(C)(=O)O)cc1. The molecule has 0 amide bonds. The molecule has 0 aliphatic heterocycles. The standard InChI is InChI=1S/C10H14O5S2/c1-9-3-5-10(6-4-9)17(13,14)15-7-8-16(2,11)12/h3-6,8H,7H2,1-2H3,(H,11,12). The van der Waals surface area contributed by atoms with Crippen molar-refractivity contribution in [1.82, 2.24) is 0 Å². The molecule has 1 atom stereocenters. The van der Waals surface area contributed by atoms with Gasteiger partial charge in [0.15, 0.2) is 0 Å². The second-order valence-corrected chi connectivity index (χ2v) is 7.25. The van der Waals surface area contributed by atoms with Gasteiger partial charge in [-0.05, 0) is 19.1 Å². The molecule has 0 saturated heterocycles. The Hall–Kier alpha value is -0.890. The zero-order valence-corrected chi connectivity index (χ0v) is 11.1. The van der Waals surface area contributed by atoms with Crippen molar-refractivity contribution in [1.29, 1.82) is 0 Å². The van der Waals surface area contributed by atoms with Crippen LogP contribution in [-0.2, 0) is 24.1 Å². The van der Waals surface area contributed by atoms with Gasteiger partial charge < -0.3 is 4.55 Å². The van der Waals surface area contributed by atoms with Crippen LogP contribution >= 0.6 is 0 Å². The Bertz CT molecular complexity index is 584. The van der Waals surface area contributed by atoms with Crippen LogP contribution in [0.25, 0.3) is 0 Å². The van der Waals surface area contributed by atoms with Crippen molar-refractivity contribution in [2.75, 3.05) is 12.9 Å². The summed E-state index contributed by atoms with van der Waals surface area (Å²) in [5.74, 6) is 0. The van der Waals surface area contributed by atoms with Crippen molar-refractivity contribution in [3.63, 3.8) is 0 Å². The van der Waals surface area contributed by atoms with Gasteiger partial charge in [-0.15, -0.1) is 0 Å². The van der Waals surface area contributed by atoms with Gasteiger partial charge in [-0.25, -0.2) is 4.21 Å². The molecule has 96 valence electrons. The lowest BCUT2D eigenvalue weighted by atomic mass is 10.2. The highest BCUT2D eigenvalue weighted by Gasteiger charge is 2.13. The average molecular weight is 278 g/mol. The molecule has 0 bridgehead atoms. The Labute approximate surface area is 101 Å². The minimum atomic E-state index is -3.87. The number of benzene rings is 1. The normalized spacial score (nSPS) is 15.2. The van der Waals surface area contributed by atoms with E-state index in [2.05, 4.69) is 4.18 Å². The van der Waals surface area contributed by atoms with Crippen molar-refractivity contribution >= 4 is 25.3 Å². The lowest BCUT2D eigenvalue weighted by Gasteiger charge is -2.04. The summed E-state index contributed by atoms with van der Waals surface area (Å²) in [7, 11) is -6.97. The molecular weight excluding hydrogens is 264 g/mol. The van der Waals surface area contributed by atoms with Gasteiger partial charge in [-0.2, -0.15) is 8.42 Å². The summed E-state index contributed by atoms with van der Waals surface area (Å²) in [5, 5.41) is 0.915. The Balaban J connectivity index is 2.84. The van der Waals surface area contributed by atoms with Crippen molar-refractivity contribution in [3.8, 4) is 0 Å². The van der Waals surface area contributed by atoms with Gasteiger partial charge in [0.25, 0.3) is 10.1 Å². The maximum atomic E-state index is 11.6. The van der Waals surface area contributed by atoms with Crippen LogP contribution in [0.5, 0.6) is 0 Å². The average Bonchev–Trinajstić information content (AvgIpc) is 2.15. The predicted molar refractivity (Wildman–Crippen MR) is 67.1 cm³/mol. The van der Waals surface area contributed by atoms with E-state index in [4.69, 9.17) is 4.55 Å². The first-order valence-electron chi connectivity index (χ1n) is 4.72. The van der Waals surface area contributed by atoms with Crippen molar-refractivity contribution < 1.29 is 21.4 Å². The summed E-state index contributed by atoms with van der Waals surface area (Å²) < 4.78 is 47.6. The number of hydrogen-bond donors (Lipinski definition) is 1. The third-order valence-electron chi connectivity index (χ3n) is 1.91. The van der Waals surface area contributed by atoms with E-state index in [-0.39, 0.29) is 4.90 Å². The Kier molecular flexibility index (Phi) is 4.31. The van der Waals surface area contributed by atoms with Crippen LogP contribution in [0, 0.1) is 6.92 Å². The lowest BCUT2D eigenvalue weighted by Crippen LogP contribution is -2.11. The van der Waals surface area contributed by atoms with Gasteiger partial charge in [0.1, 0.15) is 0 Å². The molecule has 0 spiro atoms. The smallest absolute Gasteiger partial charge is 0.297 e. The minimum absolute atomic E-state index is 0.0250. The van der Waals surface area contributed by atoms with E-state index in [1.54, 1.807) is 12.1 Å². The maximum absolute atomic E-state index is 11.6. The van der Waals surface area contributed by atoms with Gasteiger partial charge in [-0.1, -0.05) is 17.7 Å². The highest BCUT2D eigenvalue weighted by atomic mass is 32.2. The lowest BCUT2D eigenvalue weighted by molar-refractivity contribution is 0.372. The monoisotopic (exact) mass is 278 g/mol. The Morgan fingerprint density at radius 2 is 1.76 bits per heavy atom. The summed E-state index contributed by atoms with van der Waals surface area (Å²) in [6, 6.07) is 6.14. The fraction of sp³-hybridized carbons (Fsp3) is 0.300. The van der Waals surface area contributed by atoms with Crippen LogP contribution < -0.4 is 0 Å². The van der Waals surface area contributed by atoms with Crippen LogP contribution in [0.1, 0.15) is 5.56 Å². The number of aryl methyl sites for hydroxylation is 1. The second kappa shape index (κ2) is 5.18. The molecule has 0 aromatic heterocycles. The molecule has 1 rings (SSSR count). The summed E-state index contributed by atoms with van der Waals surface area (Å²) >= 11 is 0. The van der Waals surface area contributed by atoms with Gasteiger partial charge in [0, 0.05) is 11.6 Å². The third kappa shape index (κ3) is 4.86. The van der Waals surface area contributed by atoms with Gasteiger partial charge in [0.05, 0.1) is 21.3 Å². The van der Waals surface area contributed by atoms with E-state index in [0.717, 1.165) is 17.2 Å².